The van der Waals surface area contributed by atoms with Gasteiger partial charge in [-0.05, 0) is 169 Å². The van der Waals surface area contributed by atoms with Gasteiger partial charge >= 0.3 is 40.5 Å². The molecular weight excluding hydrogens is 1820 g/mol. The summed E-state index contributed by atoms with van der Waals surface area (Å²) in [5.41, 5.74) is 5.01. The molecule has 3 N–H and O–H groups in total. The Morgan fingerprint density at radius 2 is 0.832 bits per heavy atom. The second-order valence-corrected chi connectivity index (χ2v) is 35.3. The van der Waals surface area contributed by atoms with Gasteiger partial charge in [0, 0.05) is 280 Å². The Morgan fingerprint density at radius 3 is 1.27 bits per heavy atom. The number of aromatic nitrogens is 7. The number of alkyl halides is 6. The van der Waals surface area contributed by atoms with Crippen molar-refractivity contribution in [3.63, 3.8) is 0 Å². The number of hydrogen-bond donors (Lipinski definition) is 3. The van der Waals surface area contributed by atoms with Crippen molar-refractivity contribution in [2.75, 3.05) is 150 Å². The number of nitrogens with zero attached hydrogens (tertiary/aromatic N) is 14. The van der Waals surface area contributed by atoms with Gasteiger partial charge in [0.2, 0.25) is 0 Å². The molecule has 3 atom stereocenters. The fourth-order valence-electron chi connectivity index (χ4n) is 17.7. The second kappa shape index (κ2) is 39.7. The number of anilines is 5. The number of fused-ring (bicyclic) bond motifs is 7. The normalized spacial score (nSPS) is 16.7. The van der Waals surface area contributed by atoms with E-state index in [-0.39, 0.29) is 33.4 Å². The van der Waals surface area contributed by atoms with Crippen LogP contribution in [0.2, 0.25) is 10.0 Å². The van der Waals surface area contributed by atoms with Crippen molar-refractivity contribution in [2.45, 2.75) is 50.7 Å². The number of benzene rings is 5. The Morgan fingerprint density at radius 1 is 0.416 bits per heavy atom. The highest BCUT2D eigenvalue weighted by Gasteiger charge is 2.38. The molecule has 12 aromatic heterocycles. The molecule has 5 aliphatic heterocycles. The molecule has 0 amide bonds. The molecule has 5 aliphatic rings. The maximum atomic E-state index is 13.9. The quantitative estimate of drug-likeness (QED) is 0.0801. The predicted octanol–water partition coefficient (Wildman–Crippen LogP) is 17.2. The van der Waals surface area contributed by atoms with Crippen LogP contribution in [-0.4, -0.2) is 188 Å². The summed E-state index contributed by atoms with van der Waals surface area (Å²) in [7, 11) is 6.29. The number of likely N-dealkylation sites (N-methyl/N-ethyl adjacent to an activating group) is 2. The minimum Gasteiger partial charge on any atom is -0.422 e. The summed E-state index contributed by atoms with van der Waals surface area (Å²) in [6, 6.07) is 52.0. The van der Waals surface area contributed by atoms with Crippen LogP contribution in [0.15, 0.2) is 272 Å². The SMILES string of the molecule is CN(C)[C@H]1CCN(c2ccc3cc(-c4cn5cccc(Cl)c5n4)c(=O)oc3c2)C1.CN1CCN(c2ccc3cc(-c4cccnc4C(F)(F)F)c(=O)oc3c2)CC1.C[C@@H]1CN(c2ccc3cc(-c4cn5ccc(Cl)cc5n4)c(=O)oc3c2)C[C@H](C)N1.O=c1oc2cc(N3CCNCC3)ccc2cc1-c1cccnc1C(F)(F)F.O=c1oc2cc(N3CCNCC3)ccc2cc1-c1ccncc1F. The van der Waals surface area contributed by atoms with Crippen molar-refractivity contribution < 1.29 is 52.8 Å². The van der Waals surface area contributed by atoms with Crippen LogP contribution in [0.25, 0.3) is 122 Å². The lowest BCUT2D eigenvalue weighted by Crippen LogP contribution is -2.54. The second-order valence-electron chi connectivity index (χ2n) is 34.4. The molecule has 5 fully saturated rings. The van der Waals surface area contributed by atoms with Crippen molar-refractivity contribution in [3.8, 4) is 55.9 Å². The van der Waals surface area contributed by atoms with Crippen LogP contribution in [-0.2, 0) is 12.4 Å². The summed E-state index contributed by atoms with van der Waals surface area (Å²) in [6.45, 7) is 18.8. The third-order valence-electron chi connectivity index (χ3n) is 24.8. The minimum absolute atomic E-state index is 0.153. The van der Waals surface area contributed by atoms with Crippen LogP contribution < -0.4 is 68.6 Å². The molecule has 17 aromatic rings. The molecule has 22 rings (SSSR count). The van der Waals surface area contributed by atoms with E-state index in [4.69, 9.17) is 45.3 Å². The number of halogens is 9. The average molecular weight is 1910 g/mol. The van der Waals surface area contributed by atoms with Crippen molar-refractivity contribution in [1.29, 1.82) is 0 Å². The van der Waals surface area contributed by atoms with Gasteiger partial charge in [0.1, 0.15) is 39.4 Å². The van der Waals surface area contributed by atoms with Gasteiger partial charge < -0.3 is 81.1 Å². The van der Waals surface area contributed by atoms with Crippen LogP contribution in [0.1, 0.15) is 31.7 Å². The lowest BCUT2D eigenvalue weighted by Gasteiger charge is -2.37. The van der Waals surface area contributed by atoms with E-state index in [0.29, 0.717) is 101 Å². The van der Waals surface area contributed by atoms with Gasteiger partial charge in [-0.1, -0.05) is 35.3 Å². The summed E-state index contributed by atoms with van der Waals surface area (Å²) in [5.74, 6) is -0.540. The van der Waals surface area contributed by atoms with Gasteiger partial charge in [-0.3, -0.25) is 15.0 Å². The Balaban J connectivity index is 0.000000114. The molecule has 0 spiro atoms. The van der Waals surface area contributed by atoms with E-state index < -0.39 is 57.7 Å². The Bertz CT molecular complexity index is 7690. The van der Waals surface area contributed by atoms with Crippen molar-refractivity contribution in [3.05, 3.63) is 305 Å². The van der Waals surface area contributed by atoms with Crippen LogP contribution in [0.5, 0.6) is 0 Å². The predicted molar refractivity (Wildman–Crippen MR) is 519 cm³/mol. The van der Waals surface area contributed by atoms with E-state index in [1.165, 1.54) is 48.7 Å². The molecule has 0 bridgehead atoms. The van der Waals surface area contributed by atoms with Gasteiger partial charge in [-0.15, -0.1) is 0 Å². The molecule has 0 saturated carbocycles. The molecular formula is C101H92Cl2F7N17O10. The molecule has 137 heavy (non-hydrogen) atoms. The summed E-state index contributed by atoms with van der Waals surface area (Å²) in [5, 5.41) is 14.9. The van der Waals surface area contributed by atoms with Crippen LogP contribution in [0.3, 0.4) is 0 Å². The number of imidazole rings is 2. The molecule has 0 unspecified atom stereocenters. The monoisotopic (exact) mass is 1910 g/mol. The summed E-state index contributed by atoms with van der Waals surface area (Å²) >= 11 is 12.2. The molecule has 0 aliphatic carbocycles. The molecule has 704 valence electrons. The smallest absolute Gasteiger partial charge is 0.422 e. The average Bonchev–Trinajstić information content (AvgIpc) is 1.59. The summed E-state index contributed by atoms with van der Waals surface area (Å²) in [4.78, 5) is 97.9. The highest BCUT2D eigenvalue weighted by Crippen LogP contribution is 2.40. The first-order valence-corrected chi connectivity index (χ1v) is 45.3. The van der Waals surface area contributed by atoms with Gasteiger partial charge in [-0.25, -0.2) is 38.3 Å². The van der Waals surface area contributed by atoms with E-state index in [0.717, 1.165) is 174 Å². The Labute approximate surface area is 787 Å². The van der Waals surface area contributed by atoms with E-state index in [1.54, 1.807) is 59.1 Å². The maximum absolute atomic E-state index is 13.9. The van der Waals surface area contributed by atoms with E-state index in [1.807, 2.05) is 95.8 Å². The molecule has 17 heterocycles. The molecule has 27 nitrogen and oxygen atoms in total. The third kappa shape index (κ3) is 20.8. The topological polar surface area (TPSA) is 283 Å². The molecule has 0 radical (unpaired) electrons. The standard InChI is InChI=1S/2C22H21ClN4O2.C20H18F3N3O2.C19H16F3N3O2.C18H16FN3O2/c1-13-10-27(11-14(2)24-13)17-4-3-15-7-18(22(28)29-20(15)9-17)19-12-26-6-5-16(23)8-21(26)25-19;1-25(2)16-7-9-26(12-16)15-6-5-14-10-17(22(28)29-20(14)11-15)19-13-27-8-3-4-18(23)21(27)24-19;1-25-7-9-26(10-8-25)14-5-4-13-11-16(19(27)28-17(13)12-14)15-3-2-6-24-18(15)20(21,22)23;20-19(21,22)17-14(2-1-5-24-17)15-10-12-3-4-13(11-16(12)27-18(15)26)25-8-6-23-7-9-25;19-16-11-21-4-3-14(16)15-9-12-1-2-13(10-17(12)24-18(15)23)22-7-5-20-6-8-22/h3-9,12-14,24H,10-11H2,1-2H3;3-6,8,10-11,13,16H,7,9,12H2,1-2H3;2-6,11-12H,7-10H2,1H3;1-5,10-11,23H,6-9H2;1-4,9-11,20H,5-8H2/t13-,14+;16-;;;/m.0.../s1. The van der Waals surface area contributed by atoms with Gasteiger partial charge in [0.05, 0.1) is 50.4 Å². The summed E-state index contributed by atoms with van der Waals surface area (Å²) in [6.07, 6.45) is 3.72. The lowest BCUT2D eigenvalue weighted by molar-refractivity contribution is -0.141. The molecule has 5 saturated heterocycles. The number of nitrogens with one attached hydrogen (secondary N) is 3. The van der Waals surface area contributed by atoms with E-state index in [9.17, 15) is 54.7 Å². The van der Waals surface area contributed by atoms with Crippen LogP contribution in [0, 0.1) is 5.82 Å². The van der Waals surface area contributed by atoms with Crippen LogP contribution >= 0.6 is 23.2 Å². The van der Waals surface area contributed by atoms with Gasteiger partial charge in [-0.2, -0.15) is 26.3 Å². The van der Waals surface area contributed by atoms with Crippen LogP contribution in [0.4, 0.5) is 59.2 Å². The highest BCUT2D eigenvalue weighted by atomic mass is 35.5. The number of hydrogen-bond acceptors (Lipinski definition) is 25. The zero-order valence-electron chi connectivity index (χ0n) is 74.9. The van der Waals surface area contributed by atoms with Crippen molar-refractivity contribution in [2.24, 2.45) is 0 Å². The minimum atomic E-state index is -4.66. The van der Waals surface area contributed by atoms with Crippen molar-refractivity contribution >= 4 is 118 Å². The zero-order valence-corrected chi connectivity index (χ0v) is 76.4. The van der Waals surface area contributed by atoms with Crippen molar-refractivity contribution in [1.82, 2.24) is 59.5 Å². The number of pyridine rings is 5. The maximum Gasteiger partial charge on any atom is 0.433 e. The molecule has 5 aromatic carbocycles. The van der Waals surface area contributed by atoms with E-state index in [2.05, 4.69) is 122 Å². The Hall–Kier alpha value is -14.1. The van der Waals surface area contributed by atoms with Gasteiger partial charge in [0.25, 0.3) is 0 Å². The largest absolute Gasteiger partial charge is 0.433 e. The Kier molecular flexibility index (Phi) is 27.0. The summed E-state index contributed by atoms with van der Waals surface area (Å²) < 4.78 is 125. The lowest BCUT2D eigenvalue weighted by atomic mass is 10.0. The third-order valence-corrected chi connectivity index (χ3v) is 25.3. The first kappa shape index (κ1) is 93.3. The first-order valence-electron chi connectivity index (χ1n) is 44.5. The van der Waals surface area contributed by atoms with E-state index >= 15 is 0 Å². The fourth-order valence-corrected chi connectivity index (χ4v) is 18.1. The highest BCUT2D eigenvalue weighted by molar-refractivity contribution is 6.33. The number of piperazine rings is 4. The molecule has 36 heteroatoms. The van der Waals surface area contributed by atoms with Gasteiger partial charge in [0.15, 0.2) is 17.0 Å². The zero-order chi connectivity index (χ0) is 95.7. The fraction of sp³-hybridized carbons (Fsp3) is 0.267. The first-order chi connectivity index (χ1) is 65.9. The number of rotatable bonds is 11.